The third-order valence-corrected chi connectivity index (χ3v) is 3.76. The van der Waals surface area contributed by atoms with Crippen molar-refractivity contribution in [2.45, 2.75) is 38.6 Å². The highest BCUT2D eigenvalue weighted by Gasteiger charge is 2.30. The SMILES string of the molecule is Cc1ccccc1CC(=O)N[C@H]1CC[C@H](C(=O)O)C1. The van der Waals surface area contributed by atoms with Crippen molar-refractivity contribution in [2.24, 2.45) is 5.92 Å². The van der Waals surface area contributed by atoms with Crippen LogP contribution in [0, 0.1) is 12.8 Å². The molecule has 2 atom stereocenters. The van der Waals surface area contributed by atoms with Crippen molar-refractivity contribution < 1.29 is 14.7 Å². The molecule has 0 radical (unpaired) electrons. The molecule has 2 rings (SSSR count). The zero-order chi connectivity index (χ0) is 13.8. The maximum absolute atomic E-state index is 11.9. The number of carboxylic acids is 1. The van der Waals surface area contributed by atoms with Gasteiger partial charge in [0.2, 0.25) is 5.91 Å². The topological polar surface area (TPSA) is 66.4 Å². The Hall–Kier alpha value is -1.84. The van der Waals surface area contributed by atoms with Gasteiger partial charge in [-0.05, 0) is 37.3 Å². The smallest absolute Gasteiger partial charge is 0.306 e. The molecule has 0 saturated heterocycles. The number of carbonyl (C=O) groups is 2. The molecule has 4 heteroatoms. The predicted octanol–water partition coefficient (Wildman–Crippen LogP) is 1.91. The van der Waals surface area contributed by atoms with Gasteiger partial charge in [0.25, 0.3) is 0 Å². The Morgan fingerprint density at radius 3 is 2.68 bits per heavy atom. The second kappa shape index (κ2) is 5.87. The Morgan fingerprint density at radius 2 is 2.05 bits per heavy atom. The van der Waals surface area contributed by atoms with Crippen LogP contribution in [0.2, 0.25) is 0 Å². The van der Waals surface area contributed by atoms with Crippen molar-refractivity contribution >= 4 is 11.9 Å². The van der Waals surface area contributed by atoms with Crippen LogP contribution in [-0.2, 0) is 16.0 Å². The fourth-order valence-corrected chi connectivity index (χ4v) is 2.60. The zero-order valence-electron chi connectivity index (χ0n) is 11.1. The molecule has 0 unspecified atom stereocenters. The summed E-state index contributed by atoms with van der Waals surface area (Å²) in [5, 5.41) is 11.9. The van der Waals surface area contributed by atoms with E-state index in [2.05, 4.69) is 5.32 Å². The van der Waals surface area contributed by atoms with Gasteiger partial charge in [-0.1, -0.05) is 24.3 Å². The Kier molecular flexibility index (Phi) is 4.20. The largest absolute Gasteiger partial charge is 0.481 e. The van der Waals surface area contributed by atoms with Gasteiger partial charge in [-0.2, -0.15) is 0 Å². The number of hydrogen-bond donors (Lipinski definition) is 2. The van der Waals surface area contributed by atoms with Gasteiger partial charge < -0.3 is 10.4 Å². The first-order chi connectivity index (χ1) is 9.06. The first-order valence-corrected chi connectivity index (χ1v) is 6.63. The number of hydrogen-bond acceptors (Lipinski definition) is 2. The van der Waals surface area contributed by atoms with Crippen molar-refractivity contribution in [3.05, 3.63) is 35.4 Å². The molecule has 0 heterocycles. The number of benzene rings is 1. The Morgan fingerprint density at radius 1 is 1.32 bits per heavy atom. The molecule has 0 spiro atoms. The van der Waals surface area contributed by atoms with Gasteiger partial charge in [0.1, 0.15) is 0 Å². The van der Waals surface area contributed by atoms with Gasteiger partial charge >= 0.3 is 5.97 Å². The van der Waals surface area contributed by atoms with E-state index in [4.69, 9.17) is 5.11 Å². The van der Waals surface area contributed by atoms with E-state index < -0.39 is 5.97 Å². The van der Waals surface area contributed by atoms with E-state index in [-0.39, 0.29) is 17.9 Å². The van der Waals surface area contributed by atoms with Crippen LogP contribution in [0.1, 0.15) is 30.4 Å². The second-order valence-electron chi connectivity index (χ2n) is 5.22. The third kappa shape index (κ3) is 3.56. The quantitative estimate of drug-likeness (QED) is 0.870. The lowest BCUT2D eigenvalue weighted by Crippen LogP contribution is -2.34. The number of carboxylic acid groups (broad SMARTS) is 1. The molecule has 4 nitrogen and oxygen atoms in total. The van der Waals surface area contributed by atoms with E-state index in [1.807, 2.05) is 31.2 Å². The summed E-state index contributed by atoms with van der Waals surface area (Å²) in [5.74, 6) is -1.08. The van der Waals surface area contributed by atoms with Crippen LogP contribution in [0.5, 0.6) is 0 Å². The summed E-state index contributed by atoms with van der Waals surface area (Å²) in [5.41, 5.74) is 2.13. The van der Waals surface area contributed by atoms with Crippen LogP contribution in [-0.4, -0.2) is 23.0 Å². The molecular formula is C15H19NO3. The van der Waals surface area contributed by atoms with Crippen molar-refractivity contribution in [1.82, 2.24) is 5.32 Å². The van der Waals surface area contributed by atoms with Gasteiger partial charge in [0, 0.05) is 6.04 Å². The summed E-state index contributed by atoms with van der Waals surface area (Å²) in [6.07, 6.45) is 2.33. The normalized spacial score (nSPS) is 22.2. The van der Waals surface area contributed by atoms with Crippen molar-refractivity contribution in [3.8, 4) is 0 Å². The molecule has 1 aliphatic carbocycles. The number of rotatable bonds is 4. The average Bonchev–Trinajstić information content (AvgIpc) is 2.80. The van der Waals surface area contributed by atoms with Crippen LogP contribution in [0.3, 0.4) is 0 Å². The summed E-state index contributed by atoms with van der Waals surface area (Å²) >= 11 is 0. The highest BCUT2D eigenvalue weighted by Crippen LogP contribution is 2.25. The number of aliphatic carboxylic acids is 1. The van der Waals surface area contributed by atoms with Gasteiger partial charge in [-0.25, -0.2) is 0 Å². The van der Waals surface area contributed by atoms with Gasteiger partial charge in [-0.15, -0.1) is 0 Å². The van der Waals surface area contributed by atoms with E-state index in [1.165, 1.54) is 0 Å². The zero-order valence-corrected chi connectivity index (χ0v) is 11.1. The maximum Gasteiger partial charge on any atom is 0.306 e. The maximum atomic E-state index is 11.9. The van der Waals surface area contributed by atoms with E-state index in [9.17, 15) is 9.59 Å². The first kappa shape index (κ1) is 13.6. The highest BCUT2D eigenvalue weighted by atomic mass is 16.4. The molecule has 0 aliphatic heterocycles. The van der Waals surface area contributed by atoms with Crippen molar-refractivity contribution in [3.63, 3.8) is 0 Å². The molecule has 0 aromatic heterocycles. The van der Waals surface area contributed by atoms with Crippen LogP contribution >= 0.6 is 0 Å². The van der Waals surface area contributed by atoms with Crippen molar-refractivity contribution in [1.29, 1.82) is 0 Å². The van der Waals surface area contributed by atoms with Crippen LogP contribution in [0.4, 0.5) is 0 Å². The van der Waals surface area contributed by atoms with E-state index in [1.54, 1.807) is 0 Å². The van der Waals surface area contributed by atoms with E-state index in [0.29, 0.717) is 19.3 Å². The molecule has 2 N–H and O–H groups in total. The second-order valence-corrected chi connectivity index (χ2v) is 5.22. The van der Waals surface area contributed by atoms with E-state index in [0.717, 1.165) is 17.5 Å². The Balaban J connectivity index is 1.86. The fraction of sp³-hybridized carbons (Fsp3) is 0.467. The summed E-state index contributed by atoms with van der Waals surface area (Å²) in [6.45, 7) is 1.98. The average molecular weight is 261 g/mol. The Labute approximate surface area is 112 Å². The molecule has 1 aromatic rings. The lowest BCUT2D eigenvalue weighted by molar-refractivity contribution is -0.141. The standard InChI is InChI=1S/C15H19NO3/c1-10-4-2-3-5-11(10)9-14(17)16-13-7-6-12(8-13)15(18)19/h2-5,12-13H,6-9H2,1H3,(H,16,17)(H,18,19)/t12-,13-/m0/s1. The summed E-state index contributed by atoms with van der Waals surface area (Å²) in [4.78, 5) is 22.8. The minimum Gasteiger partial charge on any atom is -0.481 e. The lowest BCUT2D eigenvalue weighted by Gasteiger charge is -2.13. The van der Waals surface area contributed by atoms with Crippen LogP contribution < -0.4 is 5.32 Å². The summed E-state index contributed by atoms with van der Waals surface area (Å²) in [6, 6.07) is 7.82. The van der Waals surface area contributed by atoms with E-state index >= 15 is 0 Å². The number of amides is 1. The summed E-state index contributed by atoms with van der Waals surface area (Å²) in [7, 11) is 0. The minimum absolute atomic E-state index is 0.0117. The van der Waals surface area contributed by atoms with Gasteiger partial charge in [0.15, 0.2) is 0 Å². The molecule has 1 aliphatic rings. The van der Waals surface area contributed by atoms with Crippen LogP contribution in [0.15, 0.2) is 24.3 Å². The minimum atomic E-state index is -0.754. The monoisotopic (exact) mass is 261 g/mol. The molecule has 0 bridgehead atoms. The number of nitrogens with one attached hydrogen (secondary N) is 1. The van der Waals surface area contributed by atoms with Gasteiger partial charge in [0.05, 0.1) is 12.3 Å². The number of carbonyl (C=O) groups excluding carboxylic acids is 1. The molecule has 19 heavy (non-hydrogen) atoms. The molecule has 1 fully saturated rings. The highest BCUT2D eigenvalue weighted by molar-refractivity contribution is 5.79. The van der Waals surface area contributed by atoms with Crippen LogP contribution in [0.25, 0.3) is 0 Å². The molecule has 1 amide bonds. The molecule has 102 valence electrons. The van der Waals surface area contributed by atoms with Crippen molar-refractivity contribution in [2.75, 3.05) is 0 Å². The third-order valence-electron chi connectivity index (χ3n) is 3.76. The molecular weight excluding hydrogens is 242 g/mol. The molecule has 1 aromatic carbocycles. The lowest BCUT2D eigenvalue weighted by atomic mass is 10.1. The predicted molar refractivity (Wildman–Crippen MR) is 71.8 cm³/mol. The molecule has 1 saturated carbocycles. The Bertz CT molecular complexity index is 484. The van der Waals surface area contributed by atoms with Gasteiger partial charge in [-0.3, -0.25) is 9.59 Å². The summed E-state index contributed by atoms with van der Waals surface area (Å²) < 4.78 is 0. The first-order valence-electron chi connectivity index (χ1n) is 6.63. The fourth-order valence-electron chi connectivity index (χ4n) is 2.60. The number of aryl methyl sites for hydroxylation is 1.